The molecular formula is C18H20N7O3S2. The minimum Gasteiger partial charge on any atom is -0.378 e. The van der Waals surface area contributed by atoms with E-state index in [2.05, 4.69) is 30.4 Å². The first-order valence-corrected chi connectivity index (χ1v) is 11.9. The predicted molar refractivity (Wildman–Crippen MR) is 113 cm³/mol. The number of ether oxygens (including phenoxy) is 1. The number of aromatic nitrogens is 4. The average molecular weight is 447 g/mol. The van der Waals surface area contributed by atoms with Crippen molar-refractivity contribution in [1.29, 1.82) is 0 Å². The van der Waals surface area contributed by atoms with Gasteiger partial charge >= 0.3 is 0 Å². The van der Waals surface area contributed by atoms with Gasteiger partial charge in [-0.1, -0.05) is 0 Å². The molecule has 1 aliphatic heterocycles. The molecule has 10 nitrogen and oxygen atoms in total. The van der Waals surface area contributed by atoms with Gasteiger partial charge in [0.25, 0.3) is 10.0 Å². The average Bonchev–Trinajstić information content (AvgIpc) is 3.25. The zero-order valence-corrected chi connectivity index (χ0v) is 17.6. The first-order valence-electron chi connectivity index (χ1n) is 9.60. The molecule has 2 aliphatic rings. The number of hydrogen-bond donors (Lipinski definition) is 2. The Labute approximate surface area is 177 Å². The van der Waals surface area contributed by atoms with Gasteiger partial charge in [0.15, 0.2) is 11.6 Å². The fraction of sp³-hybridized carbons (Fsp3) is 0.389. The lowest BCUT2D eigenvalue weighted by Crippen LogP contribution is -2.36. The van der Waals surface area contributed by atoms with Crippen LogP contribution in [0.5, 0.6) is 0 Å². The molecule has 2 fully saturated rings. The van der Waals surface area contributed by atoms with Crippen LogP contribution in [0, 0.1) is 0 Å². The summed E-state index contributed by atoms with van der Waals surface area (Å²) in [7, 11) is -4.02. The van der Waals surface area contributed by atoms with Gasteiger partial charge < -0.3 is 15.0 Å². The van der Waals surface area contributed by atoms with E-state index < -0.39 is 10.0 Å². The van der Waals surface area contributed by atoms with Gasteiger partial charge in [-0.15, -0.1) is 16.5 Å². The molecule has 3 N–H and O–H groups in total. The van der Waals surface area contributed by atoms with Crippen LogP contribution < -0.4 is 15.4 Å². The van der Waals surface area contributed by atoms with E-state index in [9.17, 15) is 8.42 Å². The van der Waals surface area contributed by atoms with E-state index in [1.54, 1.807) is 6.07 Å². The second kappa shape index (κ2) is 7.61. The van der Waals surface area contributed by atoms with Crippen LogP contribution in [0.4, 0.5) is 17.5 Å². The Kier molecular flexibility index (Phi) is 4.93. The molecule has 1 saturated carbocycles. The van der Waals surface area contributed by atoms with Crippen molar-refractivity contribution in [2.24, 2.45) is 0 Å². The highest BCUT2D eigenvalue weighted by Gasteiger charge is 2.26. The highest BCUT2D eigenvalue weighted by Crippen LogP contribution is 2.39. The molecule has 0 unspecified atom stereocenters. The van der Waals surface area contributed by atoms with E-state index in [-0.39, 0.29) is 4.21 Å². The first kappa shape index (κ1) is 19.4. The molecule has 5 rings (SSSR count). The van der Waals surface area contributed by atoms with Gasteiger partial charge in [0, 0.05) is 36.8 Å². The van der Waals surface area contributed by atoms with Crippen LogP contribution in [-0.2, 0) is 14.8 Å². The SMILES string of the molecule is [NH]S(=O)(=O)c1ccc(-c2nc(Nc3cc(C4CC4)[nH]n3)cc(N3CCOCC3)n2)s1. The highest BCUT2D eigenvalue weighted by atomic mass is 32.2. The van der Waals surface area contributed by atoms with Gasteiger partial charge in [-0.3, -0.25) is 5.10 Å². The Balaban J connectivity index is 1.50. The topological polar surface area (TPSA) is 137 Å². The molecule has 3 aromatic heterocycles. The zero-order valence-electron chi connectivity index (χ0n) is 16.0. The van der Waals surface area contributed by atoms with E-state index in [4.69, 9.17) is 9.88 Å². The largest absolute Gasteiger partial charge is 0.378 e. The highest BCUT2D eigenvalue weighted by molar-refractivity contribution is 7.91. The van der Waals surface area contributed by atoms with Gasteiger partial charge in [0.05, 0.1) is 18.1 Å². The summed E-state index contributed by atoms with van der Waals surface area (Å²) in [6, 6.07) is 6.89. The van der Waals surface area contributed by atoms with Crippen molar-refractivity contribution in [3.05, 3.63) is 30.0 Å². The third-order valence-electron chi connectivity index (χ3n) is 4.99. The third kappa shape index (κ3) is 4.17. The van der Waals surface area contributed by atoms with Crippen LogP contribution in [-0.4, -0.2) is 54.9 Å². The first-order chi connectivity index (χ1) is 14.5. The minimum atomic E-state index is -4.02. The maximum atomic E-state index is 11.6. The Morgan fingerprint density at radius 2 is 1.97 bits per heavy atom. The van der Waals surface area contributed by atoms with Crippen LogP contribution in [0.25, 0.3) is 10.7 Å². The van der Waals surface area contributed by atoms with Crippen LogP contribution in [0.2, 0.25) is 0 Å². The second-order valence-electron chi connectivity index (χ2n) is 7.26. The number of nitrogens with zero attached hydrogens (tertiary/aromatic N) is 4. The molecule has 0 bridgehead atoms. The van der Waals surface area contributed by atoms with Crippen molar-refractivity contribution in [1.82, 2.24) is 25.3 Å². The van der Waals surface area contributed by atoms with Crippen molar-refractivity contribution in [3.63, 3.8) is 0 Å². The molecule has 157 valence electrons. The maximum Gasteiger partial charge on any atom is 0.263 e. The molecule has 1 radical (unpaired) electrons. The number of rotatable bonds is 6. The standard InChI is InChI=1S/C18H20N7O3S2/c19-30(26,27)17-4-3-13(29-17)18-21-14(10-16(22-18)25-5-7-28-8-6-25)20-15-9-12(23-24-15)11-1-2-11/h3-4,9-11,19H,1-2,5-8H2,(H2,20,21,22,23,24). The molecule has 0 aromatic carbocycles. The molecule has 30 heavy (non-hydrogen) atoms. The molecule has 4 heterocycles. The number of morpholine rings is 1. The smallest absolute Gasteiger partial charge is 0.263 e. The van der Waals surface area contributed by atoms with Gasteiger partial charge in [0.2, 0.25) is 0 Å². The van der Waals surface area contributed by atoms with E-state index in [1.807, 2.05) is 12.1 Å². The number of sulfonamides is 1. The normalized spacial score (nSPS) is 17.3. The molecule has 0 atom stereocenters. The monoisotopic (exact) mass is 446 g/mol. The molecule has 0 spiro atoms. The fourth-order valence-electron chi connectivity index (χ4n) is 3.28. The van der Waals surface area contributed by atoms with Crippen LogP contribution >= 0.6 is 11.3 Å². The van der Waals surface area contributed by atoms with Gasteiger partial charge in [-0.05, 0) is 25.0 Å². The van der Waals surface area contributed by atoms with E-state index in [1.165, 1.54) is 18.9 Å². The van der Waals surface area contributed by atoms with Crippen molar-refractivity contribution in [2.75, 3.05) is 36.5 Å². The summed E-state index contributed by atoms with van der Waals surface area (Å²) in [5.74, 6) is 2.94. The summed E-state index contributed by atoms with van der Waals surface area (Å²) < 4.78 is 28.5. The third-order valence-corrected chi connectivity index (χ3v) is 7.44. The number of H-pyrrole nitrogens is 1. The molecule has 3 aromatic rings. The number of nitrogens with one attached hydrogen (secondary N) is 3. The summed E-state index contributed by atoms with van der Waals surface area (Å²) in [5.41, 5.74) is 1.11. The number of aromatic amines is 1. The van der Waals surface area contributed by atoms with Gasteiger partial charge in [0.1, 0.15) is 15.8 Å². The summed E-state index contributed by atoms with van der Waals surface area (Å²) in [6.07, 6.45) is 2.36. The maximum absolute atomic E-state index is 11.6. The van der Waals surface area contributed by atoms with E-state index >= 15 is 0 Å². The van der Waals surface area contributed by atoms with E-state index in [0.29, 0.717) is 54.6 Å². The number of anilines is 3. The van der Waals surface area contributed by atoms with Crippen LogP contribution in [0.15, 0.2) is 28.5 Å². The van der Waals surface area contributed by atoms with Crippen LogP contribution in [0.3, 0.4) is 0 Å². The minimum absolute atomic E-state index is 0.0336. The Morgan fingerprint density at radius 3 is 2.67 bits per heavy atom. The Hall–Kier alpha value is -2.54. The van der Waals surface area contributed by atoms with Gasteiger partial charge in [-0.25, -0.2) is 18.4 Å². The molecule has 0 amide bonds. The molecule has 1 aliphatic carbocycles. The number of thiophene rings is 1. The van der Waals surface area contributed by atoms with Crippen molar-refractivity contribution in [3.8, 4) is 10.7 Å². The summed E-state index contributed by atoms with van der Waals surface area (Å²) in [6.45, 7) is 2.65. The van der Waals surface area contributed by atoms with E-state index in [0.717, 1.165) is 22.8 Å². The lowest BCUT2D eigenvalue weighted by atomic mass is 10.3. The van der Waals surface area contributed by atoms with Crippen molar-refractivity contribution in [2.45, 2.75) is 23.0 Å². The lowest BCUT2D eigenvalue weighted by Gasteiger charge is -2.28. The second-order valence-corrected chi connectivity index (χ2v) is 10.1. The fourth-order valence-corrected chi connectivity index (χ4v) is 4.91. The summed E-state index contributed by atoms with van der Waals surface area (Å²) in [4.78, 5) is 11.9. The quantitative estimate of drug-likeness (QED) is 0.589. The summed E-state index contributed by atoms with van der Waals surface area (Å²) in [5, 5.41) is 17.9. The Morgan fingerprint density at radius 1 is 1.17 bits per heavy atom. The molecular weight excluding hydrogens is 426 g/mol. The lowest BCUT2D eigenvalue weighted by molar-refractivity contribution is 0.122. The molecule has 1 saturated heterocycles. The summed E-state index contributed by atoms with van der Waals surface area (Å²) >= 11 is 0.986. The van der Waals surface area contributed by atoms with Crippen LogP contribution in [0.1, 0.15) is 24.5 Å². The molecule has 12 heteroatoms. The zero-order chi connectivity index (χ0) is 20.7. The van der Waals surface area contributed by atoms with Crippen molar-refractivity contribution >= 4 is 38.8 Å². The number of hydrogen-bond acceptors (Lipinski definition) is 9. The predicted octanol–water partition coefficient (Wildman–Crippen LogP) is 2.36. The van der Waals surface area contributed by atoms with Gasteiger partial charge in [-0.2, -0.15) is 5.10 Å². The van der Waals surface area contributed by atoms with Crippen molar-refractivity contribution < 1.29 is 13.2 Å². The Bertz CT molecular complexity index is 1160.